The maximum atomic E-state index is 3.61. The molecule has 1 aliphatic rings. The monoisotopic (exact) mass is 258 g/mol. The van der Waals surface area contributed by atoms with E-state index in [4.69, 9.17) is 0 Å². The van der Waals surface area contributed by atoms with Gasteiger partial charge in [-0.1, -0.05) is 27.7 Å². The first-order valence-corrected chi connectivity index (χ1v) is 8.10. The first-order chi connectivity index (χ1) is 8.02. The van der Waals surface area contributed by atoms with Crippen molar-refractivity contribution in [1.82, 2.24) is 10.6 Å². The lowest BCUT2D eigenvalue weighted by Gasteiger charge is -2.29. The van der Waals surface area contributed by atoms with Crippen molar-refractivity contribution in [3.05, 3.63) is 0 Å². The van der Waals surface area contributed by atoms with Gasteiger partial charge < -0.3 is 10.6 Å². The van der Waals surface area contributed by atoms with Gasteiger partial charge in [-0.25, -0.2) is 0 Å². The lowest BCUT2D eigenvalue weighted by Crippen LogP contribution is -2.35. The molecule has 1 fully saturated rings. The average Bonchev–Trinajstić information content (AvgIpc) is 2.29. The van der Waals surface area contributed by atoms with Gasteiger partial charge in [-0.05, 0) is 37.3 Å². The van der Waals surface area contributed by atoms with Gasteiger partial charge in [-0.3, -0.25) is 0 Å². The third kappa shape index (κ3) is 6.12. The van der Waals surface area contributed by atoms with Crippen LogP contribution in [0.5, 0.6) is 0 Å². The maximum Gasteiger partial charge on any atom is 0.00716 e. The normalized spacial score (nSPS) is 18.9. The molecule has 0 bridgehead atoms. The molecule has 1 saturated heterocycles. The summed E-state index contributed by atoms with van der Waals surface area (Å²) in [7, 11) is 0. The van der Waals surface area contributed by atoms with Gasteiger partial charge in [-0.2, -0.15) is 11.8 Å². The number of hydrogen-bond acceptors (Lipinski definition) is 3. The minimum absolute atomic E-state index is 0.416. The molecular weight excluding hydrogens is 228 g/mol. The van der Waals surface area contributed by atoms with Gasteiger partial charge in [-0.15, -0.1) is 0 Å². The van der Waals surface area contributed by atoms with Crippen molar-refractivity contribution in [2.75, 3.05) is 31.9 Å². The van der Waals surface area contributed by atoms with E-state index in [9.17, 15) is 0 Å². The summed E-state index contributed by atoms with van der Waals surface area (Å²) in [5.41, 5.74) is 0.416. The molecule has 0 aliphatic carbocycles. The highest BCUT2D eigenvalue weighted by atomic mass is 32.2. The summed E-state index contributed by atoms with van der Waals surface area (Å²) in [6.07, 6.45) is 2.70. The largest absolute Gasteiger partial charge is 0.317 e. The van der Waals surface area contributed by atoms with Gasteiger partial charge in [0.05, 0.1) is 0 Å². The van der Waals surface area contributed by atoms with Crippen LogP contribution in [0, 0.1) is 11.3 Å². The van der Waals surface area contributed by atoms with Crippen LogP contribution in [0.25, 0.3) is 0 Å². The molecule has 2 nitrogen and oxygen atoms in total. The molecule has 0 aromatic carbocycles. The van der Waals surface area contributed by atoms with E-state index in [1.54, 1.807) is 0 Å². The fourth-order valence-corrected chi connectivity index (χ4v) is 3.04. The molecule has 0 spiro atoms. The summed E-state index contributed by atoms with van der Waals surface area (Å²) in [5.74, 6) is 2.01. The fraction of sp³-hybridized carbons (Fsp3) is 1.00. The zero-order chi connectivity index (χ0) is 12.7. The van der Waals surface area contributed by atoms with Gasteiger partial charge in [0, 0.05) is 24.1 Å². The summed E-state index contributed by atoms with van der Waals surface area (Å²) in [6.45, 7) is 14.0. The van der Waals surface area contributed by atoms with E-state index in [0.29, 0.717) is 5.41 Å². The van der Waals surface area contributed by atoms with Crippen LogP contribution < -0.4 is 10.6 Å². The Morgan fingerprint density at radius 2 is 1.94 bits per heavy atom. The Hall–Kier alpha value is 0.270. The predicted octanol–water partition coefficient (Wildman–Crippen LogP) is 2.74. The number of rotatable bonds is 7. The topological polar surface area (TPSA) is 24.1 Å². The molecule has 1 aliphatic heterocycles. The second kappa shape index (κ2) is 7.65. The molecule has 1 rings (SSSR count). The number of nitrogens with one attached hydrogen (secondary N) is 2. The SMILES string of the molecule is CC(C)C(C)(C)CNCCSC1CCNCC1. The third-order valence-corrected chi connectivity index (χ3v) is 5.44. The minimum atomic E-state index is 0.416. The van der Waals surface area contributed by atoms with Crippen molar-refractivity contribution in [1.29, 1.82) is 0 Å². The van der Waals surface area contributed by atoms with Gasteiger partial charge in [0.15, 0.2) is 0 Å². The van der Waals surface area contributed by atoms with E-state index < -0.39 is 0 Å². The van der Waals surface area contributed by atoms with Crippen LogP contribution >= 0.6 is 11.8 Å². The van der Waals surface area contributed by atoms with E-state index in [1.807, 2.05) is 0 Å². The molecule has 0 saturated carbocycles. The Morgan fingerprint density at radius 3 is 2.53 bits per heavy atom. The van der Waals surface area contributed by atoms with Crippen molar-refractivity contribution in [2.24, 2.45) is 11.3 Å². The molecule has 3 heteroatoms. The van der Waals surface area contributed by atoms with Gasteiger partial charge >= 0.3 is 0 Å². The average molecular weight is 258 g/mol. The molecule has 0 atom stereocenters. The number of hydrogen-bond donors (Lipinski definition) is 2. The standard InChI is InChI=1S/C14H30N2S/c1-12(2)14(3,4)11-16-9-10-17-13-5-7-15-8-6-13/h12-13,15-16H,5-11H2,1-4H3. The van der Waals surface area contributed by atoms with Crippen molar-refractivity contribution >= 4 is 11.8 Å². The van der Waals surface area contributed by atoms with Crippen LogP contribution in [0.15, 0.2) is 0 Å². The van der Waals surface area contributed by atoms with Crippen LogP contribution in [0.3, 0.4) is 0 Å². The van der Waals surface area contributed by atoms with Crippen LogP contribution in [0.1, 0.15) is 40.5 Å². The Bertz CT molecular complexity index is 198. The number of piperidine rings is 1. The Morgan fingerprint density at radius 1 is 1.29 bits per heavy atom. The van der Waals surface area contributed by atoms with E-state index in [-0.39, 0.29) is 0 Å². The zero-order valence-corrected chi connectivity index (χ0v) is 12.8. The quantitative estimate of drug-likeness (QED) is 0.687. The molecule has 0 aromatic rings. The van der Waals surface area contributed by atoms with Gasteiger partial charge in [0.2, 0.25) is 0 Å². The van der Waals surface area contributed by atoms with E-state index in [2.05, 4.69) is 50.1 Å². The third-order valence-electron chi connectivity index (χ3n) is 4.06. The molecule has 17 heavy (non-hydrogen) atoms. The van der Waals surface area contributed by atoms with Gasteiger partial charge in [0.25, 0.3) is 0 Å². The molecule has 102 valence electrons. The second-order valence-electron chi connectivity index (χ2n) is 6.14. The molecule has 0 amide bonds. The van der Waals surface area contributed by atoms with Crippen molar-refractivity contribution in [3.8, 4) is 0 Å². The Kier molecular flexibility index (Phi) is 6.90. The van der Waals surface area contributed by atoms with Crippen LogP contribution in [0.2, 0.25) is 0 Å². The van der Waals surface area contributed by atoms with Crippen LogP contribution in [0.4, 0.5) is 0 Å². The lowest BCUT2D eigenvalue weighted by atomic mass is 9.81. The van der Waals surface area contributed by atoms with Crippen molar-refractivity contribution in [3.63, 3.8) is 0 Å². The molecule has 1 heterocycles. The summed E-state index contributed by atoms with van der Waals surface area (Å²) >= 11 is 2.15. The van der Waals surface area contributed by atoms with Crippen molar-refractivity contribution in [2.45, 2.75) is 45.8 Å². The molecule has 0 aromatic heterocycles. The summed E-state index contributed by atoms with van der Waals surface area (Å²) < 4.78 is 0. The first-order valence-electron chi connectivity index (χ1n) is 7.05. The van der Waals surface area contributed by atoms with Crippen LogP contribution in [-0.2, 0) is 0 Å². The lowest BCUT2D eigenvalue weighted by molar-refractivity contribution is 0.240. The summed E-state index contributed by atoms with van der Waals surface area (Å²) in [6, 6.07) is 0. The zero-order valence-electron chi connectivity index (χ0n) is 12.0. The van der Waals surface area contributed by atoms with E-state index >= 15 is 0 Å². The predicted molar refractivity (Wildman–Crippen MR) is 79.8 cm³/mol. The molecule has 2 N–H and O–H groups in total. The highest BCUT2D eigenvalue weighted by Gasteiger charge is 2.21. The van der Waals surface area contributed by atoms with Crippen LogP contribution in [-0.4, -0.2) is 37.2 Å². The highest BCUT2D eigenvalue weighted by Crippen LogP contribution is 2.24. The summed E-state index contributed by atoms with van der Waals surface area (Å²) in [4.78, 5) is 0. The smallest absolute Gasteiger partial charge is 0.00716 e. The van der Waals surface area contributed by atoms with E-state index in [1.165, 1.54) is 31.7 Å². The van der Waals surface area contributed by atoms with E-state index in [0.717, 1.165) is 24.3 Å². The highest BCUT2D eigenvalue weighted by molar-refractivity contribution is 7.99. The first kappa shape index (κ1) is 15.3. The van der Waals surface area contributed by atoms with Crippen molar-refractivity contribution < 1.29 is 0 Å². The number of thioether (sulfide) groups is 1. The molecule has 0 unspecified atom stereocenters. The summed E-state index contributed by atoms with van der Waals surface area (Å²) in [5, 5.41) is 7.93. The second-order valence-corrected chi connectivity index (χ2v) is 7.55. The Labute approximate surface area is 112 Å². The maximum absolute atomic E-state index is 3.61. The molecule has 0 radical (unpaired) electrons. The fourth-order valence-electron chi connectivity index (χ4n) is 1.87. The Balaban J connectivity index is 2.00. The molecular formula is C14H30N2S. The van der Waals surface area contributed by atoms with Gasteiger partial charge in [0.1, 0.15) is 0 Å². The minimum Gasteiger partial charge on any atom is -0.317 e.